The third-order valence-electron chi connectivity index (χ3n) is 5.07. The van der Waals surface area contributed by atoms with Crippen LogP contribution in [0.15, 0.2) is 46.0 Å². The number of carboxylic acids is 1. The summed E-state index contributed by atoms with van der Waals surface area (Å²) < 4.78 is 0. The number of carboxylic acid groups (broad SMARTS) is 1. The zero-order valence-electron chi connectivity index (χ0n) is 14.7. The molecule has 1 aromatic heterocycles. The molecule has 0 bridgehead atoms. The van der Waals surface area contributed by atoms with Crippen molar-refractivity contribution in [3.63, 3.8) is 0 Å². The summed E-state index contributed by atoms with van der Waals surface area (Å²) in [5.74, 6) is -2.44. The first kappa shape index (κ1) is 19.5. The maximum absolute atomic E-state index is 12.3. The Morgan fingerprint density at radius 3 is 2.73 bits per heavy atom. The molecule has 26 heavy (non-hydrogen) atoms. The second kappa shape index (κ2) is 7.05. The van der Waals surface area contributed by atoms with Crippen LogP contribution in [0.1, 0.15) is 13.8 Å². The van der Waals surface area contributed by atoms with Gasteiger partial charge in [-0.15, -0.1) is 0 Å². The van der Waals surface area contributed by atoms with E-state index >= 15 is 0 Å². The summed E-state index contributed by atoms with van der Waals surface area (Å²) >= 11 is 1.35. The fourth-order valence-corrected chi connectivity index (χ4v) is 5.14. The molecule has 1 fully saturated rings. The Hall–Kier alpha value is -1.25. The van der Waals surface area contributed by atoms with Gasteiger partial charge < -0.3 is 24.9 Å². The molecule has 130 valence electrons. The van der Waals surface area contributed by atoms with E-state index in [4.69, 9.17) is 0 Å². The molecule has 3 heterocycles. The number of β-lactam (4-membered cyclic amide) rings is 1. The molecule has 2 aliphatic rings. The van der Waals surface area contributed by atoms with Crippen LogP contribution in [0.5, 0.6) is 0 Å². The second-order valence-electron chi connectivity index (χ2n) is 6.55. The molecule has 2 N–H and O–H groups in total. The summed E-state index contributed by atoms with van der Waals surface area (Å²) in [5, 5.41) is 22.6. The van der Waals surface area contributed by atoms with E-state index < -0.39 is 18.0 Å². The van der Waals surface area contributed by atoms with Crippen molar-refractivity contribution in [2.75, 3.05) is 0 Å². The number of carbonyl (C=O) groups is 2. The van der Waals surface area contributed by atoms with Gasteiger partial charge in [0, 0.05) is 32.8 Å². The van der Waals surface area contributed by atoms with Crippen LogP contribution in [0.4, 0.5) is 0 Å². The molecule has 4 rings (SSSR count). The maximum atomic E-state index is 12.3. The summed E-state index contributed by atoms with van der Waals surface area (Å²) in [5.41, 5.74) is 0.905. The van der Waals surface area contributed by atoms with Gasteiger partial charge in [-0.25, -0.2) is 0 Å². The Labute approximate surface area is 176 Å². The van der Waals surface area contributed by atoms with Crippen LogP contribution >= 0.6 is 11.8 Å². The van der Waals surface area contributed by atoms with E-state index in [9.17, 15) is 19.8 Å². The third kappa shape index (κ3) is 2.73. The number of amides is 1. The van der Waals surface area contributed by atoms with Gasteiger partial charge in [-0.05, 0) is 13.0 Å². The predicted octanol–water partition coefficient (Wildman–Crippen LogP) is -1.92. The molecule has 2 aromatic rings. The van der Waals surface area contributed by atoms with E-state index in [1.165, 1.54) is 16.7 Å². The van der Waals surface area contributed by atoms with Gasteiger partial charge in [-0.1, -0.05) is 36.9 Å². The number of H-pyrrole nitrogens is 1. The van der Waals surface area contributed by atoms with Crippen LogP contribution in [-0.2, 0) is 9.59 Å². The SMILES string of the molecule is C[C@@H](O)[C@H]1C(=O)N2C(C(=O)[O-])=C(Sc3c[nH]c4ccccc34)[C@H](C)[C@H]12.[Na+]. The number of aromatic nitrogens is 1. The Morgan fingerprint density at radius 2 is 2.08 bits per heavy atom. The third-order valence-corrected chi connectivity index (χ3v) is 6.42. The summed E-state index contributed by atoms with van der Waals surface area (Å²) in [6.45, 7) is 3.46. The number of aliphatic hydroxyl groups excluding tert-OH is 1. The quantitative estimate of drug-likeness (QED) is 0.476. The number of aliphatic hydroxyl groups is 1. The van der Waals surface area contributed by atoms with Crippen LogP contribution < -0.4 is 34.7 Å². The van der Waals surface area contributed by atoms with E-state index in [2.05, 4.69) is 4.98 Å². The van der Waals surface area contributed by atoms with Gasteiger partial charge in [0.15, 0.2) is 0 Å². The Morgan fingerprint density at radius 1 is 1.38 bits per heavy atom. The number of aromatic amines is 1. The first-order valence-electron chi connectivity index (χ1n) is 8.12. The van der Waals surface area contributed by atoms with Crippen molar-refractivity contribution in [3.05, 3.63) is 41.1 Å². The number of hydrogen-bond acceptors (Lipinski definition) is 5. The Bertz CT molecular complexity index is 923. The van der Waals surface area contributed by atoms with Crippen molar-refractivity contribution in [3.8, 4) is 0 Å². The fourth-order valence-electron chi connectivity index (χ4n) is 3.90. The molecule has 0 aliphatic carbocycles. The summed E-state index contributed by atoms with van der Waals surface area (Å²) in [6, 6.07) is 7.44. The zero-order chi connectivity index (χ0) is 17.9. The van der Waals surface area contributed by atoms with Crippen LogP contribution in [0.3, 0.4) is 0 Å². The van der Waals surface area contributed by atoms with Crippen LogP contribution in [-0.4, -0.2) is 39.0 Å². The number of nitrogens with one attached hydrogen (secondary N) is 1. The first-order chi connectivity index (χ1) is 11.9. The summed E-state index contributed by atoms with van der Waals surface area (Å²) in [6.07, 6.45) is 1.03. The molecule has 1 amide bonds. The molecule has 1 saturated heterocycles. The topological polar surface area (TPSA) is 96.5 Å². The smallest absolute Gasteiger partial charge is 0.543 e. The van der Waals surface area contributed by atoms with Crippen molar-refractivity contribution in [2.45, 2.75) is 30.9 Å². The van der Waals surface area contributed by atoms with E-state index in [0.717, 1.165) is 15.8 Å². The predicted molar refractivity (Wildman–Crippen MR) is 91.2 cm³/mol. The van der Waals surface area contributed by atoms with Gasteiger partial charge in [0.05, 0.1) is 29.7 Å². The van der Waals surface area contributed by atoms with Crippen LogP contribution in [0, 0.1) is 11.8 Å². The minimum Gasteiger partial charge on any atom is -0.543 e. The van der Waals surface area contributed by atoms with Crippen molar-refractivity contribution >= 4 is 34.5 Å². The van der Waals surface area contributed by atoms with Gasteiger partial charge in [0.1, 0.15) is 0 Å². The van der Waals surface area contributed by atoms with Gasteiger partial charge in [-0.3, -0.25) is 4.79 Å². The number of aliphatic carboxylic acids is 1. The summed E-state index contributed by atoms with van der Waals surface area (Å²) in [4.78, 5) is 30.0. The van der Waals surface area contributed by atoms with Gasteiger partial charge in [-0.2, -0.15) is 0 Å². The minimum absolute atomic E-state index is 0. The van der Waals surface area contributed by atoms with Crippen molar-refractivity contribution in [2.24, 2.45) is 11.8 Å². The van der Waals surface area contributed by atoms with Gasteiger partial charge >= 0.3 is 29.6 Å². The van der Waals surface area contributed by atoms with Crippen molar-refractivity contribution in [1.82, 2.24) is 9.88 Å². The first-order valence-corrected chi connectivity index (χ1v) is 8.94. The molecule has 0 spiro atoms. The number of fused-ring (bicyclic) bond motifs is 2. The number of nitrogens with zero attached hydrogens (tertiary/aromatic N) is 1. The molecule has 6 nitrogen and oxygen atoms in total. The van der Waals surface area contributed by atoms with Gasteiger partial charge in [0.2, 0.25) is 5.91 Å². The van der Waals surface area contributed by atoms with Crippen LogP contribution in [0.25, 0.3) is 10.9 Å². The monoisotopic (exact) mass is 380 g/mol. The Balaban J connectivity index is 0.00000196. The molecule has 8 heteroatoms. The molecule has 0 saturated carbocycles. The number of carbonyl (C=O) groups excluding carboxylic acids is 2. The van der Waals surface area contributed by atoms with E-state index in [0.29, 0.717) is 4.91 Å². The van der Waals surface area contributed by atoms with Crippen molar-refractivity contribution < 1.29 is 49.4 Å². The normalized spacial score (nSPS) is 25.7. The molecule has 0 radical (unpaired) electrons. The maximum Gasteiger partial charge on any atom is 1.00 e. The van der Waals surface area contributed by atoms with Crippen molar-refractivity contribution in [1.29, 1.82) is 0 Å². The Kier molecular flexibility index (Phi) is 5.29. The average Bonchev–Trinajstić information content (AvgIpc) is 3.06. The zero-order valence-corrected chi connectivity index (χ0v) is 17.5. The molecular formula is C18H17N2NaO4S. The van der Waals surface area contributed by atoms with Gasteiger partial charge in [0.25, 0.3) is 0 Å². The molecule has 4 atom stereocenters. The molecule has 2 aliphatic heterocycles. The number of benzene rings is 1. The summed E-state index contributed by atoms with van der Waals surface area (Å²) in [7, 11) is 0. The average molecular weight is 380 g/mol. The number of rotatable bonds is 4. The number of para-hydroxylation sites is 1. The molecular weight excluding hydrogens is 363 g/mol. The largest absolute Gasteiger partial charge is 1.00 e. The minimum atomic E-state index is -1.35. The molecule has 0 unspecified atom stereocenters. The van der Waals surface area contributed by atoms with E-state index in [1.54, 1.807) is 6.92 Å². The second-order valence-corrected chi connectivity index (χ2v) is 7.64. The van der Waals surface area contributed by atoms with Crippen LogP contribution in [0.2, 0.25) is 0 Å². The standard InChI is InChI=1S/C18H18N2O4S.Na/c1-8-14-13(9(2)21)17(22)20(14)15(18(23)24)16(8)25-12-7-19-11-6-4-3-5-10(11)12;/h3-9,13-14,19,21H,1-2H3,(H,23,24);/q;+1/p-1/t8-,9-,13-,14-;/m1./s1. The number of thioether (sulfide) groups is 1. The number of hydrogen-bond donors (Lipinski definition) is 2. The fraction of sp³-hybridized carbons (Fsp3) is 0.333. The van der Waals surface area contributed by atoms with E-state index in [1.807, 2.05) is 37.4 Å². The van der Waals surface area contributed by atoms with E-state index in [-0.39, 0.29) is 53.1 Å². The molecule has 1 aromatic carbocycles.